The Balaban J connectivity index is 1.86. The van der Waals surface area contributed by atoms with E-state index in [4.69, 9.17) is 11.6 Å². The molecule has 0 bridgehead atoms. The average molecular weight is 367 g/mol. The van der Waals surface area contributed by atoms with Gasteiger partial charge in [0.05, 0.1) is 11.6 Å². The van der Waals surface area contributed by atoms with E-state index in [1.54, 1.807) is 0 Å². The van der Waals surface area contributed by atoms with Crippen molar-refractivity contribution in [3.05, 3.63) is 34.6 Å². The summed E-state index contributed by atoms with van der Waals surface area (Å²) in [5.74, 6) is -0.996. The maximum Gasteiger partial charge on any atom is 0.401 e. The highest BCUT2D eigenvalue weighted by Crippen LogP contribution is 2.24. The van der Waals surface area contributed by atoms with Crippen LogP contribution in [0.5, 0.6) is 0 Å². The summed E-state index contributed by atoms with van der Waals surface area (Å²) in [6, 6.07) is 3.60. The second kappa shape index (κ2) is 7.70. The molecule has 1 N–H and O–H groups in total. The normalized spacial score (nSPS) is 18.4. The Morgan fingerprint density at radius 3 is 2.54 bits per heavy atom. The van der Waals surface area contributed by atoms with Crippen LogP contribution in [0.15, 0.2) is 18.2 Å². The van der Waals surface area contributed by atoms with Gasteiger partial charge < -0.3 is 5.32 Å². The molecule has 1 aromatic rings. The summed E-state index contributed by atoms with van der Waals surface area (Å²) in [6.07, 6.45) is -3.04. The van der Waals surface area contributed by atoms with Gasteiger partial charge >= 0.3 is 6.18 Å². The molecule has 0 spiro atoms. The molecule has 1 amide bonds. The van der Waals surface area contributed by atoms with Crippen LogP contribution < -0.4 is 5.32 Å². The van der Waals surface area contributed by atoms with Crippen molar-refractivity contribution in [2.24, 2.45) is 5.92 Å². The number of carbonyl (C=O) groups excluding carboxylic acids is 1. The maximum atomic E-state index is 13.4. The molecule has 0 aromatic heterocycles. The molecular weight excluding hydrogens is 348 g/mol. The quantitative estimate of drug-likeness (QED) is 0.820. The van der Waals surface area contributed by atoms with Gasteiger partial charge in [-0.05, 0) is 57.0 Å². The predicted molar refractivity (Wildman–Crippen MR) is 83.6 cm³/mol. The van der Waals surface area contributed by atoms with E-state index in [2.05, 4.69) is 5.32 Å². The van der Waals surface area contributed by atoms with E-state index in [0.29, 0.717) is 25.9 Å². The van der Waals surface area contributed by atoms with Crippen LogP contribution in [0.25, 0.3) is 0 Å². The van der Waals surface area contributed by atoms with E-state index in [0.717, 1.165) is 6.07 Å². The van der Waals surface area contributed by atoms with Crippen LogP contribution in [-0.2, 0) is 0 Å². The molecule has 1 saturated heterocycles. The van der Waals surface area contributed by atoms with Gasteiger partial charge in [0, 0.05) is 11.6 Å². The van der Waals surface area contributed by atoms with E-state index in [-0.39, 0.29) is 22.5 Å². The lowest BCUT2D eigenvalue weighted by Gasteiger charge is -2.35. The lowest BCUT2D eigenvalue weighted by molar-refractivity contribution is -0.148. The van der Waals surface area contributed by atoms with Crippen molar-refractivity contribution < 1.29 is 22.4 Å². The zero-order valence-electron chi connectivity index (χ0n) is 13.2. The number of hydrogen-bond donors (Lipinski definition) is 1. The number of amides is 1. The largest absolute Gasteiger partial charge is 0.401 e. The van der Waals surface area contributed by atoms with Crippen molar-refractivity contribution in [3.63, 3.8) is 0 Å². The van der Waals surface area contributed by atoms with Crippen LogP contribution >= 0.6 is 11.6 Å². The number of nitrogens with one attached hydrogen (secondary N) is 1. The summed E-state index contributed by atoms with van der Waals surface area (Å²) in [4.78, 5) is 13.5. The molecule has 1 atom stereocenters. The van der Waals surface area contributed by atoms with E-state index < -0.39 is 24.4 Å². The molecule has 1 fully saturated rings. The van der Waals surface area contributed by atoms with Gasteiger partial charge in [-0.15, -0.1) is 0 Å². The van der Waals surface area contributed by atoms with Crippen LogP contribution in [0.2, 0.25) is 5.02 Å². The first kappa shape index (κ1) is 19.0. The van der Waals surface area contributed by atoms with Crippen LogP contribution in [0.1, 0.15) is 30.1 Å². The molecule has 0 saturated carbocycles. The number of nitrogens with zero attached hydrogens (tertiary/aromatic N) is 1. The molecule has 2 rings (SSSR count). The van der Waals surface area contributed by atoms with Gasteiger partial charge in [-0.2, -0.15) is 13.2 Å². The van der Waals surface area contributed by atoms with Gasteiger partial charge in [-0.1, -0.05) is 11.6 Å². The third kappa shape index (κ3) is 5.34. The molecule has 24 heavy (non-hydrogen) atoms. The summed E-state index contributed by atoms with van der Waals surface area (Å²) >= 11 is 5.58. The van der Waals surface area contributed by atoms with E-state index in [1.165, 1.54) is 17.0 Å². The first-order valence-electron chi connectivity index (χ1n) is 7.71. The van der Waals surface area contributed by atoms with E-state index >= 15 is 0 Å². The molecule has 1 aliphatic heterocycles. The molecule has 0 unspecified atom stereocenters. The molecule has 8 heteroatoms. The van der Waals surface area contributed by atoms with Gasteiger partial charge in [0.2, 0.25) is 0 Å². The number of carbonyl (C=O) groups is 1. The number of piperidine rings is 1. The molecule has 1 aromatic carbocycles. The van der Waals surface area contributed by atoms with Crippen molar-refractivity contribution >= 4 is 17.5 Å². The number of hydrogen-bond acceptors (Lipinski definition) is 2. The van der Waals surface area contributed by atoms with Gasteiger partial charge in [0.15, 0.2) is 0 Å². The predicted octanol–water partition coefficient (Wildman–Crippen LogP) is 3.87. The first-order chi connectivity index (χ1) is 11.2. The molecule has 1 aliphatic rings. The lowest BCUT2D eigenvalue weighted by Crippen LogP contribution is -2.46. The SMILES string of the molecule is C[C@H](NC(=O)c1ccc(Cl)c(F)c1)C1CCN(CC(F)(F)F)CC1. The number of alkyl halides is 3. The number of halogens is 5. The second-order valence-corrected chi connectivity index (χ2v) is 6.53. The monoisotopic (exact) mass is 366 g/mol. The summed E-state index contributed by atoms with van der Waals surface area (Å²) in [6.45, 7) is 1.61. The molecule has 0 radical (unpaired) electrons. The Morgan fingerprint density at radius 1 is 1.38 bits per heavy atom. The molecular formula is C16H19ClF4N2O. The zero-order valence-corrected chi connectivity index (χ0v) is 13.9. The fraction of sp³-hybridized carbons (Fsp3) is 0.562. The third-order valence-corrected chi connectivity index (χ3v) is 4.59. The molecule has 3 nitrogen and oxygen atoms in total. The number of likely N-dealkylation sites (tertiary alicyclic amines) is 1. The second-order valence-electron chi connectivity index (χ2n) is 6.12. The summed E-state index contributed by atoms with van der Waals surface area (Å²) < 4.78 is 50.5. The Kier molecular flexibility index (Phi) is 6.09. The third-order valence-electron chi connectivity index (χ3n) is 4.28. The van der Waals surface area contributed by atoms with Gasteiger partial charge in [0.1, 0.15) is 5.82 Å². The minimum atomic E-state index is -4.19. The highest BCUT2D eigenvalue weighted by atomic mass is 35.5. The van der Waals surface area contributed by atoms with Crippen molar-refractivity contribution in [1.29, 1.82) is 0 Å². The van der Waals surface area contributed by atoms with E-state index in [9.17, 15) is 22.4 Å². The van der Waals surface area contributed by atoms with Gasteiger partial charge in [0.25, 0.3) is 5.91 Å². The smallest absolute Gasteiger partial charge is 0.349 e. The fourth-order valence-corrected chi connectivity index (χ4v) is 3.03. The molecule has 134 valence electrons. The Morgan fingerprint density at radius 2 is 2.00 bits per heavy atom. The van der Waals surface area contributed by atoms with Crippen LogP contribution in [0.4, 0.5) is 17.6 Å². The summed E-state index contributed by atoms with van der Waals surface area (Å²) in [7, 11) is 0. The number of rotatable bonds is 4. The highest BCUT2D eigenvalue weighted by molar-refractivity contribution is 6.30. The van der Waals surface area contributed by atoms with Crippen molar-refractivity contribution in [3.8, 4) is 0 Å². The van der Waals surface area contributed by atoms with Crippen molar-refractivity contribution in [2.45, 2.75) is 32.0 Å². The van der Waals surface area contributed by atoms with Crippen LogP contribution in [0, 0.1) is 11.7 Å². The minimum Gasteiger partial charge on any atom is -0.349 e. The van der Waals surface area contributed by atoms with Crippen LogP contribution in [0.3, 0.4) is 0 Å². The minimum absolute atomic E-state index is 0.0587. The lowest BCUT2D eigenvalue weighted by atomic mass is 9.90. The highest BCUT2D eigenvalue weighted by Gasteiger charge is 2.33. The van der Waals surface area contributed by atoms with E-state index in [1.807, 2.05) is 6.92 Å². The van der Waals surface area contributed by atoms with Crippen LogP contribution in [-0.4, -0.2) is 42.7 Å². The Labute approximate surface area is 143 Å². The first-order valence-corrected chi connectivity index (χ1v) is 8.08. The standard InChI is InChI=1S/C16H19ClF4N2O/c1-10(11-4-6-23(7-5-11)9-16(19,20)21)22-15(24)12-2-3-13(17)14(18)8-12/h2-3,8,10-11H,4-7,9H2,1H3,(H,22,24)/t10-/m0/s1. The van der Waals surface area contributed by atoms with Crippen molar-refractivity contribution in [2.75, 3.05) is 19.6 Å². The average Bonchev–Trinajstić information content (AvgIpc) is 2.49. The summed E-state index contributed by atoms with van der Waals surface area (Å²) in [5, 5.41) is 2.73. The Bertz CT molecular complexity index is 586. The maximum absolute atomic E-state index is 13.4. The fourth-order valence-electron chi connectivity index (χ4n) is 2.91. The number of benzene rings is 1. The van der Waals surface area contributed by atoms with Gasteiger partial charge in [-0.3, -0.25) is 9.69 Å². The zero-order chi connectivity index (χ0) is 17.9. The topological polar surface area (TPSA) is 32.3 Å². The molecule has 1 heterocycles. The molecule has 0 aliphatic carbocycles. The Hall–Kier alpha value is -1.34. The van der Waals surface area contributed by atoms with Crippen molar-refractivity contribution in [1.82, 2.24) is 10.2 Å². The summed E-state index contributed by atoms with van der Waals surface area (Å²) in [5.41, 5.74) is 0.165. The van der Waals surface area contributed by atoms with Gasteiger partial charge in [-0.25, -0.2) is 4.39 Å².